The standard InChI is InChI=1S/C16H10ClFN2O/c17-13-3-1-11(2-4-13)16-12(10-21)9-20(19-16)15-7-5-14(18)6-8-15/h1-10H. The molecule has 0 radical (unpaired) electrons. The van der Waals surface area contributed by atoms with E-state index in [0.717, 1.165) is 11.8 Å². The van der Waals surface area contributed by atoms with Crippen molar-refractivity contribution < 1.29 is 9.18 Å². The Kier molecular flexibility index (Phi) is 3.54. The Balaban J connectivity index is 2.08. The molecule has 0 aliphatic rings. The summed E-state index contributed by atoms with van der Waals surface area (Å²) in [4.78, 5) is 11.2. The van der Waals surface area contributed by atoms with Gasteiger partial charge >= 0.3 is 0 Å². The molecule has 0 saturated heterocycles. The van der Waals surface area contributed by atoms with Gasteiger partial charge in [-0.05, 0) is 36.4 Å². The number of benzene rings is 2. The minimum absolute atomic E-state index is 0.320. The first-order valence-corrected chi connectivity index (χ1v) is 6.62. The van der Waals surface area contributed by atoms with Gasteiger partial charge in [-0.25, -0.2) is 9.07 Å². The van der Waals surface area contributed by atoms with E-state index in [1.54, 1.807) is 47.3 Å². The summed E-state index contributed by atoms with van der Waals surface area (Å²) in [5.41, 5.74) is 2.50. The number of carbonyl (C=O) groups excluding carboxylic acids is 1. The molecule has 0 spiro atoms. The summed E-state index contributed by atoms with van der Waals surface area (Å²) in [6.45, 7) is 0. The number of nitrogens with zero attached hydrogens (tertiary/aromatic N) is 2. The van der Waals surface area contributed by atoms with Crippen LogP contribution in [0.1, 0.15) is 10.4 Å². The highest BCUT2D eigenvalue weighted by molar-refractivity contribution is 6.30. The smallest absolute Gasteiger partial charge is 0.153 e. The lowest BCUT2D eigenvalue weighted by Crippen LogP contribution is -1.94. The van der Waals surface area contributed by atoms with E-state index in [0.29, 0.717) is 22.0 Å². The molecule has 3 rings (SSSR count). The van der Waals surface area contributed by atoms with Gasteiger partial charge in [0.1, 0.15) is 11.5 Å². The highest BCUT2D eigenvalue weighted by Gasteiger charge is 2.11. The lowest BCUT2D eigenvalue weighted by Gasteiger charge is -2.01. The lowest BCUT2D eigenvalue weighted by molar-refractivity contribution is 0.112. The van der Waals surface area contributed by atoms with Crippen LogP contribution in [0.25, 0.3) is 16.9 Å². The molecule has 1 heterocycles. The molecule has 0 fully saturated rings. The fourth-order valence-corrected chi connectivity index (χ4v) is 2.16. The number of carbonyl (C=O) groups is 1. The van der Waals surface area contributed by atoms with E-state index in [9.17, 15) is 9.18 Å². The van der Waals surface area contributed by atoms with Crippen LogP contribution in [-0.4, -0.2) is 16.1 Å². The van der Waals surface area contributed by atoms with Crippen molar-refractivity contribution in [3.63, 3.8) is 0 Å². The maximum absolute atomic E-state index is 13.0. The Morgan fingerprint density at radius 3 is 2.33 bits per heavy atom. The zero-order chi connectivity index (χ0) is 14.8. The Hall–Kier alpha value is -2.46. The third-order valence-corrected chi connectivity index (χ3v) is 3.33. The Bertz CT molecular complexity index is 779. The van der Waals surface area contributed by atoms with Crippen molar-refractivity contribution >= 4 is 17.9 Å². The minimum Gasteiger partial charge on any atom is -0.298 e. The first-order chi connectivity index (χ1) is 10.2. The third-order valence-electron chi connectivity index (χ3n) is 3.08. The van der Waals surface area contributed by atoms with Gasteiger partial charge in [0.2, 0.25) is 0 Å². The van der Waals surface area contributed by atoms with Crippen molar-refractivity contribution in [1.82, 2.24) is 9.78 Å². The van der Waals surface area contributed by atoms with Gasteiger partial charge in [-0.15, -0.1) is 0 Å². The lowest BCUT2D eigenvalue weighted by atomic mass is 10.1. The summed E-state index contributed by atoms with van der Waals surface area (Å²) in [5, 5.41) is 5.02. The summed E-state index contributed by atoms with van der Waals surface area (Å²) >= 11 is 5.86. The molecule has 0 N–H and O–H groups in total. The van der Waals surface area contributed by atoms with Crippen LogP contribution in [0.2, 0.25) is 5.02 Å². The molecule has 0 bridgehead atoms. The van der Waals surface area contributed by atoms with Crippen molar-refractivity contribution in [1.29, 1.82) is 0 Å². The summed E-state index contributed by atoms with van der Waals surface area (Å²) in [6.07, 6.45) is 2.36. The van der Waals surface area contributed by atoms with Crippen LogP contribution >= 0.6 is 11.6 Å². The molecule has 0 amide bonds. The van der Waals surface area contributed by atoms with Crippen molar-refractivity contribution in [2.45, 2.75) is 0 Å². The molecule has 21 heavy (non-hydrogen) atoms. The second-order valence-electron chi connectivity index (χ2n) is 4.48. The molecule has 0 saturated carbocycles. The second-order valence-corrected chi connectivity index (χ2v) is 4.92. The van der Waals surface area contributed by atoms with Crippen LogP contribution in [0.5, 0.6) is 0 Å². The van der Waals surface area contributed by atoms with Crippen molar-refractivity contribution in [3.05, 3.63) is 71.1 Å². The molecule has 0 aliphatic carbocycles. The number of hydrogen-bond acceptors (Lipinski definition) is 2. The predicted molar refractivity (Wildman–Crippen MR) is 79.4 cm³/mol. The molecule has 3 nitrogen and oxygen atoms in total. The van der Waals surface area contributed by atoms with E-state index in [1.807, 2.05) is 0 Å². The number of rotatable bonds is 3. The summed E-state index contributed by atoms with van der Waals surface area (Å²) in [5.74, 6) is -0.320. The average Bonchev–Trinajstić information content (AvgIpc) is 2.93. The van der Waals surface area contributed by atoms with Crippen molar-refractivity contribution in [3.8, 4) is 16.9 Å². The fraction of sp³-hybridized carbons (Fsp3) is 0. The van der Waals surface area contributed by atoms with Gasteiger partial charge in [0.05, 0.1) is 11.3 Å². The van der Waals surface area contributed by atoms with Crippen molar-refractivity contribution in [2.24, 2.45) is 0 Å². The van der Waals surface area contributed by atoms with Gasteiger partial charge in [0.25, 0.3) is 0 Å². The number of aromatic nitrogens is 2. The van der Waals surface area contributed by atoms with Crippen LogP contribution in [0.15, 0.2) is 54.7 Å². The van der Waals surface area contributed by atoms with Crippen molar-refractivity contribution in [2.75, 3.05) is 0 Å². The largest absolute Gasteiger partial charge is 0.298 e. The molecular weight excluding hydrogens is 291 g/mol. The third kappa shape index (κ3) is 2.71. The normalized spacial score (nSPS) is 10.6. The molecule has 1 aromatic heterocycles. The van der Waals surface area contributed by atoms with Crippen LogP contribution < -0.4 is 0 Å². The highest BCUT2D eigenvalue weighted by Crippen LogP contribution is 2.24. The van der Waals surface area contributed by atoms with Crippen LogP contribution in [-0.2, 0) is 0 Å². The fourth-order valence-electron chi connectivity index (χ4n) is 2.03. The van der Waals surface area contributed by atoms with Crippen LogP contribution in [0.3, 0.4) is 0 Å². The van der Waals surface area contributed by atoms with E-state index >= 15 is 0 Å². The molecule has 0 unspecified atom stereocenters. The molecule has 0 atom stereocenters. The van der Waals surface area contributed by atoms with Crippen LogP contribution in [0.4, 0.5) is 4.39 Å². The highest BCUT2D eigenvalue weighted by atomic mass is 35.5. The van der Waals surface area contributed by atoms with Gasteiger partial charge in [-0.2, -0.15) is 5.10 Å². The Morgan fingerprint density at radius 1 is 1.05 bits per heavy atom. The number of hydrogen-bond donors (Lipinski definition) is 0. The summed E-state index contributed by atoms with van der Waals surface area (Å²) in [6, 6.07) is 13.0. The van der Waals surface area contributed by atoms with Gasteiger partial charge in [-0.1, -0.05) is 23.7 Å². The quantitative estimate of drug-likeness (QED) is 0.681. The second kappa shape index (κ2) is 5.50. The first kappa shape index (κ1) is 13.5. The number of aldehydes is 1. The van der Waals surface area contributed by atoms with Crippen LogP contribution in [0, 0.1) is 5.82 Å². The van der Waals surface area contributed by atoms with E-state index in [1.165, 1.54) is 12.1 Å². The monoisotopic (exact) mass is 300 g/mol. The van der Waals surface area contributed by atoms with Gasteiger partial charge in [0.15, 0.2) is 6.29 Å². The maximum Gasteiger partial charge on any atom is 0.153 e. The van der Waals surface area contributed by atoms with E-state index < -0.39 is 0 Å². The molecule has 0 aliphatic heterocycles. The first-order valence-electron chi connectivity index (χ1n) is 6.24. The zero-order valence-electron chi connectivity index (χ0n) is 10.8. The summed E-state index contributed by atoms with van der Waals surface area (Å²) < 4.78 is 14.5. The predicted octanol–water partition coefficient (Wildman–Crippen LogP) is 4.14. The van der Waals surface area contributed by atoms with Gasteiger partial charge < -0.3 is 0 Å². The molecule has 3 aromatic rings. The van der Waals surface area contributed by atoms with E-state index in [2.05, 4.69) is 5.10 Å². The molecule has 5 heteroatoms. The van der Waals surface area contributed by atoms with E-state index in [4.69, 9.17) is 11.6 Å². The topological polar surface area (TPSA) is 34.9 Å². The minimum atomic E-state index is -0.320. The zero-order valence-corrected chi connectivity index (χ0v) is 11.6. The molecular formula is C16H10ClFN2O. The average molecular weight is 301 g/mol. The SMILES string of the molecule is O=Cc1cn(-c2ccc(F)cc2)nc1-c1ccc(Cl)cc1. The Morgan fingerprint density at radius 2 is 1.71 bits per heavy atom. The maximum atomic E-state index is 13.0. The number of halogens is 2. The summed E-state index contributed by atoms with van der Waals surface area (Å²) in [7, 11) is 0. The Labute approximate surface area is 125 Å². The van der Waals surface area contributed by atoms with E-state index in [-0.39, 0.29) is 5.82 Å². The van der Waals surface area contributed by atoms with Gasteiger partial charge in [0, 0.05) is 16.8 Å². The molecule has 104 valence electrons. The molecule has 2 aromatic carbocycles. The van der Waals surface area contributed by atoms with Gasteiger partial charge in [-0.3, -0.25) is 4.79 Å².